The number of carboxylic acid groups (broad SMARTS) is 1. The van der Waals surface area contributed by atoms with Crippen LogP contribution in [-0.2, 0) is 19.1 Å². The van der Waals surface area contributed by atoms with E-state index in [1.807, 2.05) is 13.8 Å². The SMILES string of the molecule is CCCC(C)(C)OCCC(C)(C)OCCNC(=O)CCC(NC(=C1CC1)C(C)(CC)CC(C)(C)C)C(=O)O. The van der Waals surface area contributed by atoms with Crippen molar-refractivity contribution in [1.29, 1.82) is 0 Å². The van der Waals surface area contributed by atoms with Gasteiger partial charge in [-0.05, 0) is 78.1 Å². The molecule has 0 aliphatic heterocycles. The maximum absolute atomic E-state index is 12.5. The molecule has 0 aromatic heterocycles. The highest BCUT2D eigenvalue weighted by Crippen LogP contribution is 2.46. The van der Waals surface area contributed by atoms with E-state index in [0.717, 1.165) is 50.6 Å². The number of amides is 1. The van der Waals surface area contributed by atoms with Crippen molar-refractivity contribution in [3.05, 3.63) is 11.3 Å². The van der Waals surface area contributed by atoms with Gasteiger partial charge in [0.2, 0.25) is 5.91 Å². The summed E-state index contributed by atoms with van der Waals surface area (Å²) >= 11 is 0. The van der Waals surface area contributed by atoms with Crippen LogP contribution in [0.5, 0.6) is 0 Å². The number of nitrogens with one attached hydrogen (secondary N) is 2. The first-order chi connectivity index (χ1) is 17.4. The van der Waals surface area contributed by atoms with E-state index in [0.29, 0.717) is 19.8 Å². The molecule has 0 bridgehead atoms. The molecule has 0 spiro atoms. The van der Waals surface area contributed by atoms with Crippen molar-refractivity contribution in [2.24, 2.45) is 10.8 Å². The Morgan fingerprint density at radius 3 is 2.00 bits per heavy atom. The van der Waals surface area contributed by atoms with Gasteiger partial charge in [-0.25, -0.2) is 4.79 Å². The minimum atomic E-state index is -0.917. The molecule has 7 nitrogen and oxygen atoms in total. The summed E-state index contributed by atoms with van der Waals surface area (Å²) in [6, 6.07) is -0.790. The van der Waals surface area contributed by atoms with Crippen LogP contribution in [-0.4, -0.2) is 54.0 Å². The lowest BCUT2D eigenvalue weighted by Gasteiger charge is -2.39. The lowest BCUT2D eigenvalue weighted by atomic mass is 9.71. The van der Waals surface area contributed by atoms with Crippen molar-refractivity contribution >= 4 is 11.9 Å². The van der Waals surface area contributed by atoms with Gasteiger partial charge in [-0.15, -0.1) is 0 Å². The Kier molecular flexibility index (Phi) is 13.3. The number of hydrogen-bond donors (Lipinski definition) is 3. The molecule has 1 rings (SSSR count). The number of rotatable bonds is 19. The van der Waals surface area contributed by atoms with Crippen molar-refractivity contribution in [3.8, 4) is 0 Å². The average molecular weight is 539 g/mol. The quantitative estimate of drug-likeness (QED) is 0.160. The molecule has 1 aliphatic rings. The Morgan fingerprint density at radius 2 is 1.50 bits per heavy atom. The fourth-order valence-corrected chi connectivity index (χ4v) is 5.21. The van der Waals surface area contributed by atoms with Crippen molar-refractivity contribution < 1.29 is 24.2 Å². The first kappa shape index (κ1) is 34.4. The zero-order valence-corrected chi connectivity index (χ0v) is 26.1. The standard InChI is InChI=1S/C31H58N2O5/c1-11-17-29(6,7)37-20-18-30(8,9)38-21-19-32-25(34)16-15-24(27(35)36)33-26(23-13-14-23)31(10,12-2)22-28(3,4)5/h24,33H,11-22H2,1-10H3,(H,32,34)(H,35,36). The lowest BCUT2D eigenvalue weighted by Crippen LogP contribution is -2.43. The Balaban J connectivity index is 2.53. The topological polar surface area (TPSA) is 96.9 Å². The third-order valence-corrected chi connectivity index (χ3v) is 7.40. The minimum Gasteiger partial charge on any atom is -0.480 e. The summed E-state index contributed by atoms with van der Waals surface area (Å²) in [5, 5.41) is 16.2. The second kappa shape index (κ2) is 14.7. The van der Waals surface area contributed by atoms with Gasteiger partial charge < -0.3 is 25.2 Å². The minimum absolute atomic E-state index is 0.110. The zero-order chi connectivity index (χ0) is 29.2. The van der Waals surface area contributed by atoms with Gasteiger partial charge in [0.15, 0.2) is 0 Å². The molecule has 0 heterocycles. The number of carboxylic acids is 1. The van der Waals surface area contributed by atoms with Crippen molar-refractivity contribution in [1.82, 2.24) is 10.6 Å². The Morgan fingerprint density at radius 1 is 0.921 bits per heavy atom. The summed E-state index contributed by atoms with van der Waals surface area (Å²) in [4.78, 5) is 24.6. The second-order valence-electron chi connectivity index (χ2n) is 13.8. The van der Waals surface area contributed by atoms with Crippen LogP contribution < -0.4 is 10.6 Å². The first-order valence-electron chi connectivity index (χ1n) is 14.7. The van der Waals surface area contributed by atoms with E-state index in [4.69, 9.17) is 9.47 Å². The van der Waals surface area contributed by atoms with E-state index in [-0.39, 0.29) is 40.8 Å². The predicted molar refractivity (Wildman–Crippen MR) is 155 cm³/mol. The van der Waals surface area contributed by atoms with Gasteiger partial charge in [-0.2, -0.15) is 0 Å². The predicted octanol–water partition coefficient (Wildman–Crippen LogP) is 6.61. The molecule has 1 saturated carbocycles. The zero-order valence-electron chi connectivity index (χ0n) is 26.1. The molecule has 3 N–H and O–H groups in total. The van der Waals surface area contributed by atoms with Crippen molar-refractivity contribution in [3.63, 3.8) is 0 Å². The van der Waals surface area contributed by atoms with Crippen LogP contribution in [0.1, 0.15) is 127 Å². The number of aliphatic carboxylic acids is 1. The van der Waals surface area contributed by atoms with Crippen LogP contribution in [0.3, 0.4) is 0 Å². The van der Waals surface area contributed by atoms with Crippen LogP contribution in [0, 0.1) is 10.8 Å². The van der Waals surface area contributed by atoms with E-state index in [9.17, 15) is 14.7 Å². The van der Waals surface area contributed by atoms with Crippen LogP contribution in [0.2, 0.25) is 0 Å². The summed E-state index contributed by atoms with van der Waals surface area (Å²) < 4.78 is 12.0. The molecule has 1 fully saturated rings. The summed E-state index contributed by atoms with van der Waals surface area (Å²) in [6.07, 6.45) is 7.21. The largest absolute Gasteiger partial charge is 0.480 e. The molecule has 1 amide bonds. The molecule has 1 aliphatic carbocycles. The number of ether oxygens (including phenoxy) is 2. The lowest BCUT2D eigenvalue weighted by molar-refractivity contribution is -0.139. The highest BCUT2D eigenvalue weighted by Gasteiger charge is 2.38. The monoisotopic (exact) mass is 538 g/mol. The summed E-state index contributed by atoms with van der Waals surface area (Å²) in [5.41, 5.74) is 1.95. The highest BCUT2D eigenvalue weighted by molar-refractivity contribution is 5.78. The number of carbonyl (C=O) groups excluding carboxylic acids is 1. The molecule has 0 radical (unpaired) electrons. The Bertz CT molecular complexity index is 791. The maximum atomic E-state index is 12.5. The normalized spacial score (nSPS) is 16.5. The molecule has 38 heavy (non-hydrogen) atoms. The van der Waals surface area contributed by atoms with Crippen molar-refractivity contribution in [2.45, 2.75) is 144 Å². The number of allylic oxidation sites excluding steroid dienone is 2. The third kappa shape index (κ3) is 13.5. The number of hydrogen-bond acceptors (Lipinski definition) is 5. The average Bonchev–Trinajstić information content (AvgIpc) is 3.60. The Hall–Kier alpha value is -1.60. The van der Waals surface area contributed by atoms with Gasteiger partial charge in [-0.3, -0.25) is 4.79 Å². The fraction of sp³-hybridized carbons (Fsp3) is 0.871. The second-order valence-corrected chi connectivity index (χ2v) is 13.8. The molecule has 2 atom stereocenters. The highest BCUT2D eigenvalue weighted by atomic mass is 16.5. The van der Waals surface area contributed by atoms with Gasteiger partial charge in [0.1, 0.15) is 6.04 Å². The molecule has 0 aromatic carbocycles. The van der Waals surface area contributed by atoms with Gasteiger partial charge in [0.05, 0.1) is 24.4 Å². The van der Waals surface area contributed by atoms with E-state index in [1.54, 1.807) is 0 Å². The van der Waals surface area contributed by atoms with Crippen LogP contribution in [0.15, 0.2) is 11.3 Å². The maximum Gasteiger partial charge on any atom is 0.326 e. The summed E-state index contributed by atoms with van der Waals surface area (Å²) in [7, 11) is 0. The molecule has 0 saturated heterocycles. The summed E-state index contributed by atoms with van der Waals surface area (Å²) in [6.45, 7) is 22.9. The van der Waals surface area contributed by atoms with E-state index in [1.165, 1.54) is 5.57 Å². The van der Waals surface area contributed by atoms with Gasteiger partial charge in [-0.1, -0.05) is 53.5 Å². The van der Waals surface area contributed by atoms with Crippen LogP contribution >= 0.6 is 0 Å². The Labute approximate surface area is 232 Å². The van der Waals surface area contributed by atoms with Gasteiger partial charge in [0.25, 0.3) is 0 Å². The molecule has 2 unspecified atom stereocenters. The van der Waals surface area contributed by atoms with E-state index >= 15 is 0 Å². The van der Waals surface area contributed by atoms with Crippen LogP contribution in [0.25, 0.3) is 0 Å². The fourth-order valence-electron chi connectivity index (χ4n) is 5.21. The molecule has 7 heteroatoms. The van der Waals surface area contributed by atoms with Gasteiger partial charge >= 0.3 is 5.97 Å². The van der Waals surface area contributed by atoms with Gasteiger partial charge in [0, 0.05) is 24.1 Å². The smallest absolute Gasteiger partial charge is 0.326 e. The molecule has 222 valence electrons. The van der Waals surface area contributed by atoms with Crippen molar-refractivity contribution in [2.75, 3.05) is 19.8 Å². The molecular formula is C31H58N2O5. The molecule has 0 aromatic rings. The van der Waals surface area contributed by atoms with E-state index in [2.05, 4.69) is 66.0 Å². The third-order valence-electron chi connectivity index (χ3n) is 7.40. The van der Waals surface area contributed by atoms with E-state index < -0.39 is 12.0 Å². The first-order valence-corrected chi connectivity index (χ1v) is 14.7. The van der Waals surface area contributed by atoms with Crippen LogP contribution in [0.4, 0.5) is 0 Å². The molecular weight excluding hydrogens is 480 g/mol. The summed E-state index contributed by atoms with van der Waals surface area (Å²) in [5.74, 6) is -1.07. The number of carbonyl (C=O) groups is 2.